The van der Waals surface area contributed by atoms with Crippen molar-refractivity contribution in [3.8, 4) is 16.9 Å². The third kappa shape index (κ3) is 10.0. The maximum atomic E-state index is 12.8. The van der Waals surface area contributed by atoms with Gasteiger partial charge in [0.15, 0.2) is 0 Å². The molecule has 4 aromatic rings. The van der Waals surface area contributed by atoms with Crippen LogP contribution in [0.4, 0.5) is 18.0 Å². The number of piperazine rings is 1. The van der Waals surface area contributed by atoms with E-state index in [1.165, 1.54) is 12.1 Å². The lowest BCUT2D eigenvalue weighted by Crippen LogP contribution is -2.45. The number of carbonyl (C=O) groups is 1. The number of rotatable bonds is 11. The molecule has 2 heterocycles. The summed E-state index contributed by atoms with van der Waals surface area (Å²) < 4.78 is 49.9. The molecule has 1 aliphatic heterocycles. The van der Waals surface area contributed by atoms with Crippen LogP contribution in [0.3, 0.4) is 0 Å². The molecule has 0 atom stereocenters. The van der Waals surface area contributed by atoms with Crippen LogP contribution in [-0.4, -0.2) is 65.1 Å². The number of unbranched alkanes of at least 4 members (excludes halogenated alkanes) is 1. The number of amides is 1. The smallest absolute Gasteiger partial charge is 0.444 e. The lowest BCUT2D eigenvalue weighted by molar-refractivity contribution is -0.274. The minimum absolute atomic E-state index is 0.260. The standard InChI is InChI=1S/C36H41Cl2F3N4O3/c1-35(2,3)48-34(46)42-15-4-5-16-45-24-29(26-10-12-27(13-11-26)47-36(39,40)41)28-21-25(9-14-33(28)45)22-43-17-19-44(20-18-43)23-30-31(37)7-6-8-32(30)38/h6-14,21,24H,4-5,15-20,22-23H2,1-3H3,(H,42,46). The molecule has 12 heteroatoms. The van der Waals surface area contributed by atoms with Crippen LogP contribution in [0.2, 0.25) is 10.0 Å². The van der Waals surface area contributed by atoms with Crippen LogP contribution in [0.25, 0.3) is 22.0 Å². The van der Waals surface area contributed by atoms with Gasteiger partial charge in [-0.2, -0.15) is 0 Å². The Morgan fingerprint density at radius 3 is 2.15 bits per heavy atom. The van der Waals surface area contributed by atoms with Crippen LogP contribution in [0.5, 0.6) is 5.75 Å². The first-order valence-corrected chi connectivity index (χ1v) is 16.8. The molecule has 0 unspecified atom stereocenters. The van der Waals surface area contributed by atoms with Gasteiger partial charge >= 0.3 is 12.5 Å². The number of alkyl halides is 3. The molecular weight excluding hydrogens is 664 g/mol. The molecule has 48 heavy (non-hydrogen) atoms. The van der Waals surface area contributed by atoms with Gasteiger partial charge in [-0.1, -0.05) is 47.5 Å². The number of aromatic nitrogens is 1. The molecule has 258 valence electrons. The maximum absolute atomic E-state index is 12.8. The first kappa shape index (κ1) is 35.9. The summed E-state index contributed by atoms with van der Waals surface area (Å²) in [6.07, 6.45) is -1.58. The van der Waals surface area contributed by atoms with Gasteiger partial charge in [0.05, 0.1) is 0 Å². The Bertz CT molecular complexity index is 1680. The predicted octanol–water partition coefficient (Wildman–Crippen LogP) is 9.14. The Morgan fingerprint density at radius 2 is 1.52 bits per heavy atom. The second kappa shape index (κ2) is 15.4. The maximum Gasteiger partial charge on any atom is 0.573 e. The molecular formula is C36H41Cl2F3N4O3. The van der Waals surface area contributed by atoms with Crippen LogP contribution in [0.1, 0.15) is 44.7 Å². The van der Waals surface area contributed by atoms with E-state index in [1.54, 1.807) is 12.1 Å². The molecule has 0 spiro atoms. The summed E-state index contributed by atoms with van der Waals surface area (Å²) in [5.74, 6) is -0.260. The lowest BCUT2D eigenvalue weighted by atomic mass is 10.0. The molecule has 0 aliphatic carbocycles. The molecule has 7 nitrogen and oxygen atoms in total. The first-order valence-electron chi connectivity index (χ1n) is 16.1. The Hall–Kier alpha value is -3.44. The topological polar surface area (TPSA) is 59.0 Å². The summed E-state index contributed by atoms with van der Waals surface area (Å²) in [7, 11) is 0. The van der Waals surface area contributed by atoms with Gasteiger partial charge in [-0.3, -0.25) is 9.80 Å². The summed E-state index contributed by atoms with van der Waals surface area (Å²) in [4.78, 5) is 16.8. The Balaban J connectivity index is 1.28. The van der Waals surface area contributed by atoms with Gasteiger partial charge in [-0.15, -0.1) is 13.2 Å². The third-order valence-corrected chi connectivity index (χ3v) is 8.86. The molecule has 0 bridgehead atoms. The van der Waals surface area contributed by atoms with Crippen LogP contribution in [0.15, 0.2) is 66.9 Å². The average molecular weight is 706 g/mol. The average Bonchev–Trinajstić information content (AvgIpc) is 3.36. The van der Waals surface area contributed by atoms with Gasteiger partial charge < -0.3 is 19.4 Å². The highest BCUT2D eigenvalue weighted by atomic mass is 35.5. The van der Waals surface area contributed by atoms with Gasteiger partial charge in [-0.25, -0.2) is 4.79 Å². The summed E-state index contributed by atoms with van der Waals surface area (Å²) in [6.45, 7) is 11.7. The van der Waals surface area contributed by atoms with Gasteiger partial charge in [0.25, 0.3) is 0 Å². The number of hydrogen-bond donors (Lipinski definition) is 1. The molecule has 5 rings (SSSR count). The molecule has 1 aliphatic rings. The third-order valence-electron chi connectivity index (χ3n) is 8.15. The summed E-state index contributed by atoms with van der Waals surface area (Å²) in [5, 5.41) is 5.19. The Labute approximate surface area is 289 Å². The van der Waals surface area contributed by atoms with E-state index in [2.05, 4.69) is 42.6 Å². The number of nitrogens with zero attached hydrogens (tertiary/aromatic N) is 3. The van der Waals surface area contributed by atoms with Gasteiger partial charge in [0, 0.05) is 90.6 Å². The van der Waals surface area contributed by atoms with E-state index in [4.69, 9.17) is 27.9 Å². The molecule has 0 radical (unpaired) electrons. The minimum atomic E-state index is -4.75. The van der Waals surface area contributed by atoms with Crippen molar-refractivity contribution in [1.29, 1.82) is 0 Å². The van der Waals surface area contributed by atoms with E-state index < -0.39 is 18.1 Å². The lowest BCUT2D eigenvalue weighted by Gasteiger charge is -2.35. The van der Waals surface area contributed by atoms with E-state index >= 15 is 0 Å². The fourth-order valence-electron chi connectivity index (χ4n) is 5.88. The Kier molecular flexibility index (Phi) is 11.5. The van der Waals surface area contributed by atoms with Crippen molar-refractivity contribution in [3.05, 3.63) is 88.0 Å². The molecule has 1 aromatic heterocycles. The van der Waals surface area contributed by atoms with Crippen LogP contribution in [-0.2, 0) is 24.4 Å². The number of fused-ring (bicyclic) bond motifs is 1. The summed E-state index contributed by atoms with van der Waals surface area (Å²) >= 11 is 12.8. The van der Waals surface area contributed by atoms with Crippen molar-refractivity contribution < 1.29 is 27.4 Å². The molecule has 3 aromatic carbocycles. The zero-order valence-corrected chi connectivity index (χ0v) is 28.9. The summed E-state index contributed by atoms with van der Waals surface area (Å²) in [6, 6.07) is 18.0. The van der Waals surface area contributed by atoms with Gasteiger partial charge in [0.2, 0.25) is 0 Å². The highest BCUT2D eigenvalue weighted by Gasteiger charge is 2.31. The molecule has 1 saturated heterocycles. The zero-order chi connectivity index (χ0) is 34.5. The van der Waals surface area contributed by atoms with Crippen LogP contribution < -0.4 is 10.1 Å². The van der Waals surface area contributed by atoms with Gasteiger partial charge in [0.1, 0.15) is 11.4 Å². The van der Waals surface area contributed by atoms with Crippen molar-refractivity contribution in [2.24, 2.45) is 0 Å². The predicted molar refractivity (Wildman–Crippen MR) is 185 cm³/mol. The number of aryl methyl sites for hydroxylation is 1. The molecule has 1 amide bonds. The number of alkyl carbamates (subject to hydrolysis) is 1. The van der Waals surface area contributed by atoms with Crippen LogP contribution >= 0.6 is 23.2 Å². The first-order chi connectivity index (χ1) is 22.7. The zero-order valence-electron chi connectivity index (χ0n) is 27.4. The van der Waals surface area contributed by atoms with Gasteiger partial charge in [-0.05, 0) is 81.1 Å². The number of benzene rings is 3. The SMILES string of the molecule is CC(C)(C)OC(=O)NCCCCn1cc(-c2ccc(OC(F)(F)F)cc2)c2cc(CN3CCN(Cc4c(Cl)cccc4Cl)CC3)ccc21. The van der Waals surface area contributed by atoms with E-state index in [0.29, 0.717) is 29.7 Å². The largest absolute Gasteiger partial charge is 0.573 e. The fraction of sp³-hybridized carbons (Fsp3) is 0.417. The Morgan fingerprint density at radius 1 is 0.875 bits per heavy atom. The van der Waals surface area contributed by atoms with E-state index in [1.807, 2.05) is 45.2 Å². The monoisotopic (exact) mass is 704 g/mol. The summed E-state index contributed by atoms with van der Waals surface area (Å²) in [5.41, 5.74) is 4.31. The van der Waals surface area contributed by atoms with Crippen molar-refractivity contribution in [3.63, 3.8) is 0 Å². The van der Waals surface area contributed by atoms with Crippen molar-refractivity contribution in [2.75, 3.05) is 32.7 Å². The second-order valence-electron chi connectivity index (χ2n) is 13.0. The highest BCUT2D eigenvalue weighted by Crippen LogP contribution is 2.34. The number of hydrogen-bond acceptors (Lipinski definition) is 5. The van der Waals surface area contributed by atoms with Crippen molar-refractivity contribution >= 4 is 40.2 Å². The van der Waals surface area contributed by atoms with E-state index in [9.17, 15) is 18.0 Å². The van der Waals surface area contributed by atoms with E-state index in [-0.39, 0.29) is 5.75 Å². The van der Waals surface area contributed by atoms with Crippen molar-refractivity contribution in [2.45, 2.75) is 65.2 Å². The molecule has 1 fully saturated rings. The van der Waals surface area contributed by atoms with E-state index in [0.717, 1.165) is 78.7 Å². The highest BCUT2D eigenvalue weighted by molar-refractivity contribution is 6.35. The quantitative estimate of drug-likeness (QED) is 0.158. The number of halogens is 5. The van der Waals surface area contributed by atoms with Crippen LogP contribution in [0, 0.1) is 0 Å². The molecule has 1 N–H and O–H groups in total. The molecule has 0 saturated carbocycles. The number of ether oxygens (including phenoxy) is 2. The van der Waals surface area contributed by atoms with Crippen molar-refractivity contribution in [1.82, 2.24) is 19.7 Å². The normalized spacial score (nSPS) is 14.8. The number of nitrogens with one attached hydrogen (secondary N) is 1. The number of carbonyl (C=O) groups excluding carboxylic acids is 1. The second-order valence-corrected chi connectivity index (χ2v) is 13.9. The fourth-order valence-corrected chi connectivity index (χ4v) is 6.39. The minimum Gasteiger partial charge on any atom is -0.444 e.